The number of benzene rings is 2. The number of nitrogens with one attached hydrogen (secondary N) is 1. The van der Waals surface area contributed by atoms with E-state index in [2.05, 4.69) is 51.3 Å². The normalized spacial score (nSPS) is 11.0. The summed E-state index contributed by atoms with van der Waals surface area (Å²) >= 11 is 1.68. The molecule has 0 unspecified atom stereocenters. The Bertz CT molecular complexity index is 1130. The summed E-state index contributed by atoms with van der Waals surface area (Å²) in [6, 6.07) is 16.1. The van der Waals surface area contributed by atoms with Crippen LogP contribution >= 0.6 is 11.3 Å². The largest absolute Gasteiger partial charge is 0.481 e. The first-order valence-electron chi connectivity index (χ1n) is 9.59. The minimum atomic E-state index is -0.804. The van der Waals surface area contributed by atoms with Crippen molar-refractivity contribution in [2.75, 3.05) is 6.54 Å². The van der Waals surface area contributed by atoms with Crippen LogP contribution < -0.4 is 5.32 Å². The van der Waals surface area contributed by atoms with Gasteiger partial charge in [0.1, 0.15) is 0 Å². The van der Waals surface area contributed by atoms with Gasteiger partial charge in [-0.15, -0.1) is 0 Å². The molecule has 0 radical (unpaired) electrons. The van der Waals surface area contributed by atoms with Gasteiger partial charge in [0.2, 0.25) is 5.82 Å². The first-order valence-corrected chi connectivity index (χ1v) is 10.5. The minimum absolute atomic E-state index is 0.109. The Balaban J connectivity index is 1.45. The molecule has 4 aromatic rings. The third-order valence-electron chi connectivity index (χ3n) is 4.79. The molecule has 4 rings (SSSR count). The van der Waals surface area contributed by atoms with Gasteiger partial charge in [0.15, 0.2) is 0 Å². The van der Waals surface area contributed by atoms with Crippen LogP contribution in [0, 0.1) is 6.92 Å². The highest BCUT2D eigenvalue weighted by molar-refractivity contribution is 7.08. The first kappa shape index (κ1) is 20.0. The van der Waals surface area contributed by atoms with E-state index in [1.165, 1.54) is 11.1 Å². The average molecular weight is 420 g/mol. The first-order chi connectivity index (χ1) is 14.6. The lowest BCUT2D eigenvalue weighted by atomic mass is 10.0. The van der Waals surface area contributed by atoms with Crippen molar-refractivity contribution >= 4 is 17.3 Å². The van der Waals surface area contributed by atoms with Crippen LogP contribution in [0.3, 0.4) is 0 Å². The summed E-state index contributed by atoms with van der Waals surface area (Å²) < 4.78 is 5.50. The highest BCUT2D eigenvalue weighted by atomic mass is 32.1. The molecule has 0 amide bonds. The van der Waals surface area contributed by atoms with Crippen molar-refractivity contribution in [2.45, 2.75) is 19.9 Å². The number of hydrogen-bond donors (Lipinski definition) is 2. The van der Waals surface area contributed by atoms with E-state index in [0.29, 0.717) is 24.8 Å². The van der Waals surface area contributed by atoms with E-state index < -0.39 is 5.97 Å². The number of aryl methyl sites for hydroxylation is 1. The van der Waals surface area contributed by atoms with E-state index in [0.717, 1.165) is 22.3 Å². The third-order valence-corrected chi connectivity index (χ3v) is 5.47. The lowest BCUT2D eigenvalue weighted by molar-refractivity contribution is -0.136. The van der Waals surface area contributed by atoms with Gasteiger partial charge < -0.3 is 14.9 Å². The summed E-state index contributed by atoms with van der Waals surface area (Å²) in [7, 11) is 0. The SMILES string of the molecule is Cc1cc(-c2nc(-c3ccc(CNCCC(=O)O)cc3)no2)ccc1-c1ccsc1. The fourth-order valence-corrected chi connectivity index (χ4v) is 3.85. The van der Waals surface area contributed by atoms with E-state index in [1.54, 1.807) is 11.3 Å². The molecular formula is C23H21N3O3S. The van der Waals surface area contributed by atoms with Crippen molar-refractivity contribution in [3.63, 3.8) is 0 Å². The Kier molecular flexibility index (Phi) is 6.02. The number of carboxylic acids is 1. The van der Waals surface area contributed by atoms with Gasteiger partial charge in [0.25, 0.3) is 5.89 Å². The molecule has 2 aromatic heterocycles. The molecule has 152 valence electrons. The summed E-state index contributed by atoms with van der Waals surface area (Å²) in [5.74, 6) is 0.224. The molecule has 0 saturated heterocycles. The molecule has 0 spiro atoms. The van der Waals surface area contributed by atoms with Crippen molar-refractivity contribution in [1.29, 1.82) is 0 Å². The van der Waals surface area contributed by atoms with Crippen LogP contribution in [0.25, 0.3) is 34.0 Å². The van der Waals surface area contributed by atoms with Gasteiger partial charge in [-0.25, -0.2) is 0 Å². The molecular weight excluding hydrogens is 398 g/mol. The summed E-state index contributed by atoms with van der Waals surface area (Å²) in [6.07, 6.45) is 0.109. The van der Waals surface area contributed by atoms with Gasteiger partial charge in [0.05, 0.1) is 6.42 Å². The Hall–Kier alpha value is -3.29. The number of carboxylic acid groups (broad SMARTS) is 1. The third kappa shape index (κ3) is 4.64. The smallest absolute Gasteiger partial charge is 0.304 e. The Morgan fingerprint density at radius 2 is 1.90 bits per heavy atom. The molecule has 0 aliphatic rings. The van der Waals surface area contributed by atoms with Crippen molar-refractivity contribution < 1.29 is 14.4 Å². The standard InChI is InChI=1S/C23H21N3O3S/c1-15-12-18(6-7-20(15)19-9-11-30-14-19)23-25-22(26-29-23)17-4-2-16(3-5-17)13-24-10-8-21(27)28/h2-7,9,11-12,14,24H,8,10,13H2,1H3,(H,27,28). The molecule has 6 nitrogen and oxygen atoms in total. The van der Waals surface area contributed by atoms with Gasteiger partial charge >= 0.3 is 5.97 Å². The molecule has 0 bridgehead atoms. The highest BCUT2D eigenvalue weighted by Gasteiger charge is 2.12. The minimum Gasteiger partial charge on any atom is -0.481 e. The van der Waals surface area contributed by atoms with Crippen LogP contribution in [-0.4, -0.2) is 27.8 Å². The van der Waals surface area contributed by atoms with E-state index in [4.69, 9.17) is 9.63 Å². The summed E-state index contributed by atoms with van der Waals surface area (Å²) in [4.78, 5) is 15.1. The number of aromatic nitrogens is 2. The summed E-state index contributed by atoms with van der Waals surface area (Å²) in [6.45, 7) is 3.13. The topological polar surface area (TPSA) is 88.2 Å². The van der Waals surface area contributed by atoms with Gasteiger partial charge in [-0.3, -0.25) is 4.79 Å². The molecule has 7 heteroatoms. The molecule has 0 atom stereocenters. The maximum Gasteiger partial charge on any atom is 0.304 e. The number of carbonyl (C=O) groups is 1. The zero-order chi connectivity index (χ0) is 20.9. The van der Waals surface area contributed by atoms with Crippen LogP contribution in [-0.2, 0) is 11.3 Å². The summed E-state index contributed by atoms with van der Waals surface area (Å²) in [5.41, 5.74) is 6.40. The van der Waals surface area contributed by atoms with Crippen molar-refractivity contribution in [1.82, 2.24) is 15.5 Å². The van der Waals surface area contributed by atoms with E-state index in [9.17, 15) is 4.79 Å². The molecule has 2 heterocycles. The number of aliphatic carboxylic acids is 1. The number of nitrogens with zero attached hydrogens (tertiary/aromatic N) is 2. The van der Waals surface area contributed by atoms with Crippen molar-refractivity contribution in [3.8, 4) is 34.0 Å². The second-order valence-corrected chi connectivity index (χ2v) is 7.76. The zero-order valence-corrected chi connectivity index (χ0v) is 17.3. The van der Waals surface area contributed by atoms with Gasteiger partial charge in [-0.05, 0) is 58.1 Å². The molecule has 0 aliphatic heterocycles. The van der Waals surface area contributed by atoms with E-state index >= 15 is 0 Å². The summed E-state index contributed by atoms with van der Waals surface area (Å²) in [5, 5.41) is 20.1. The molecule has 2 N–H and O–H groups in total. The fraction of sp³-hybridized carbons (Fsp3) is 0.174. The Morgan fingerprint density at radius 1 is 1.10 bits per heavy atom. The van der Waals surface area contributed by atoms with Crippen molar-refractivity contribution in [2.24, 2.45) is 0 Å². The highest BCUT2D eigenvalue weighted by Crippen LogP contribution is 2.30. The molecule has 2 aromatic carbocycles. The molecule has 0 fully saturated rings. The van der Waals surface area contributed by atoms with Gasteiger partial charge in [-0.2, -0.15) is 16.3 Å². The molecule has 30 heavy (non-hydrogen) atoms. The maximum atomic E-state index is 10.5. The lowest BCUT2D eigenvalue weighted by Gasteiger charge is -2.05. The number of rotatable bonds is 8. The Morgan fingerprint density at radius 3 is 2.60 bits per heavy atom. The quantitative estimate of drug-likeness (QED) is 0.391. The van der Waals surface area contributed by atoms with Crippen LogP contribution in [0.4, 0.5) is 0 Å². The van der Waals surface area contributed by atoms with Crippen LogP contribution in [0.15, 0.2) is 63.8 Å². The predicted octanol–water partition coefficient (Wildman–Crippen LogP) is 5.00. The molecule has 0 saturated carbocycles. The van der Waals surface area contributed by atoms with Gasteiger partial charge in [-0.1, -0.05) is 35.5 Å². The average Bonchev–Trinajstić information content (AvgIpc) is 3.44. The van der Waals surface area contributed by atoms with Crippen LogP contribution in [0.5, 0.6) is 0 Å². The van der Waals surface area contributed by atoms with E-state index in [1.807, 2.05) is 30.3 Å². The van der Waals surface area contributed by atoms with Gasteiger partial charge in [0, 0.05) is 24.2 Å². The molecule has 0 aliphatic carbocycles. The maximum absolute atomic E-state index is 10.5. The zero-order valence-electron chi connectivity index (χ0n) is 16.5. The second kappa shape index (κ2) is 9.02. The lowest BCUT2D eigenvalue weighted by Crippen LogP contribution is -2.17. The number of thiophene rings is 1. The van der Waals surface area contributed by atoms with E-state index in [-0.39, 0.29) is 6.42 Å². The monoisotopic (exact) mass is 419 g/mol. The Labute approximate surface area is 178 Å². The van der Waals surface area contributed by atoms with Crippen molar-refractivity contribution in [3.05, 3.63) is 70.4 Å². The fourth-order valence-electron chi connectivity index (χ4n) is 3.20. The number of hydrogen-bond acceptors (Lipinski definition) is 6. The predicted molar refractivity (Wildman–Crippen MR) is 117 cm³/mol. The van der Waals surface area contributed by atoms with Crippen LogP contribution in [0.1, 0.15) is 17.5 Å². The van der Waals surface area contributed by atoms with Crippen LogP contribution in [0.2, 0.25) is 0 Å². The second-order valence-electron chi connectivity index (χ2n) is 6.98.